The van der Waals surface area contributed by atoms with Crippen molar-refractivity contribution in [3.63, 3.8) is 0 Å². The minimum absolute atomic E-state index is 0. The van der Waals surface area contributed by atoms with E-state index >= 15 is 0 Å². The van der Waals surface area contributed by atoms with E-state index in [4.69, 9.17) is 9.47 Å². The van der Waals surface area contributed by atoms with E-state index in [0.29, 0.717) is 12.0 Å². The number of ether oxygens (including phenoxy) is 2. The summed E-state index contributed by atoms with van der Waals surface area (Å²) in [4.78, 5) is 7.05. The van der Waals surface area contributed by atoms with Crippen molar-refractivity contribution in [3.8, 4) is 0 Å². The van der Waals surface area contributed by atoms with E-state index in [9.17, 15) is 0 Å². The van der Waals surface area contributed by atoms with Crippen LogP contribution >= 0.6 is 24.0 Å². The van der Waals surface area contributed by atoms with E-state index in [0.717, 1.165) is 71.4 Å². The Morgan fingerprint density at radius 1 is 1.00 bits per heavy atom. The van der Waals surface area contributed by atoms with Crippen LogP contribution in [0.3, 0.4) is 0 Å². The molecule has 0 aromatic heterocycles. The van der Waals surface area contributed by atoms with Crippen LogP contribution in [0.4, 0.5) is 0 Å². The van der Waals surface area contributed by atoms with E-state index in [1.54, 1.807) is 0 Å². The third kappa shape index (κ3) is 8.65. The number of benzene rings is 1. The first-order chi connectivity index (χ1) is 15.5. The SMILES string of the molecule is CN=C(NCC(C(C)C)N1CCOCC1)NCC1(NC(C)c2ccccc2)CCOCC1.I. The zero-order chi connectivity index (χ0) is 22.8. The highest BCUT2D eigenvalue weighted by Gasteiger charge is 2.34. The summed E-state index contributed by atoms with van der Waals surface area (Å²) in [6, 6.07) is 11.4. The van der Waals surface area contributed by atoms with Crippen LogP contribution in [0, 0.1) is 5.92 Å². The maximum absolute atomic E-state index is 5.69. The molecule has 0 saturated carbocycles. The third-order valence-electron chi connectivity index (χ3n) is 6.85. The van der Waals surface area contributed by atoms with Gasteiger partial charge in [-0.25, -0.2) is 0 Å². The Morgan fingerprint density at radius 3 is 2.24 bits per heavy atom. The standard InChI is InChI=1S/C25H43N5O2.HI/c1-20(2)23(30-12-16-32-17-13-30)18-27-24(26-4)28-19-25(10-14-31-15-11-25)29-21(3)22-8-6-5-7-9-22;/h5-9,20-21,23,29H,10-19H2,1-4H3,(H2,26,27,28);1H. The molecule has 2 unspecified atom stereocenters. The number of nitrogens with one attached hydrogen (secondary N) is 3. The average molecular weight is 574 g/mol. The van der Waals surface area contributed by atoms with E-state index < -0.39 is 0 Å². The molecule has 3 rings (SSSR count). The molecule has 2 aliphatic heterocycles. The highest BCUT2D eigenvalue weighted by Crippen LogP contribution is 2.25. The van der Waals surface area contributed by atoms with E-state index in [2.05, 4.69) is 76.9 Å². The van der Waals surface area contributed by atoms with Crippen molar-refractivity contribution >= 4 is 29.9 Å². The molecule has 0 bridgehead atoms. The van der Waals surface area contributed by atoms with Crippen LogP contribution in [0.2, 0.25) is 0 Å². The summed E-state index contributed by atoms with van der Waals surface area (Å²) >= 11 is 0. The van der Waals surface area contributed by atoms with Crippen molar-refractivity contribution in [1.29, 1.82) is 0 Å². The monoisotopic (exact) mass is 573 g/mol. The van der Waals surface area contributed by atoms with Crippen LogP contribution < -0.4 is 16.0 Å². The molecular formula is C25H44IN5O2. The highest BCUT2D eigenvalue weighted by atomic mass is 127. The lowest BCUT2D eigenvalue weighted by molar-refractivity contribution is 0.00748. The minimum Gasteiger partial charge on any atom is -0.381 e. The molecule has 1 aromatic rings. The molecule has 2 atom stereocenters. The van der Waals surface area contributed by atoms with Gasteiger partial charge in [0.1, 0.15) is 0 Å². The Hall–Kier alpha value is -0.940. The van der Waals surface area contributed by atoms with Crippen LogP contribution in [-0.4, -0.2) is 82.1 Å². The lowest BCUT2D eigenvalue weighted by Crippen LogP contribution is -2.59. The maximum Gasteiger partial charge on any atom is 0.191 e. The van der Waals surface area contributed by atoms with Gasteiger partial charge in [-0.05, 0) is 31.2 Å². The van der Waals surface area contributed by atoms with Gasteiger partial charge in [0.2, 0.25) is 0 Å². The fourth-order valence-electron chi connectivity index (χ4n) is 4.79. The summed E-state index contributed by atoms with van der Waals surface area (Å²) in [6.45, 7) is 13.8. The van der Waals surface area contributed by atoms with Gasteiger partial charge in [-0.15, -0.1) is 24.0 Å². The molecule has 0 amide bonds. The molecule has 1 aromatic carbocycles. The second-order valence-electron chi connectivity index (χ2n) is 9.44. The van der Waals surface area contributed by atoms with Gasteiger partial charge in [0, 0.05) is 64.1 Å². The molecule has 188 valence electrons. The molecule has 33 heavy (non-hydrogen) atoms. The van der Waals surface area contributed by atoms with Crippen molar-refractivity contribution < 1.29 is 9.47 Å². The first-order valence-electron chi connectivity index (χ1n) is 12.2. The summed E-state index contributed by atoms with van der Waals surface area (Å²) in [5, 5.41) is 11.1. The molecule has 0 spiro atoms. The van der Waals surface area contributed by atoms with Crippen LogP contribution in [0.25, 0.3) is 0 Å². The van der Waals surface area contributed by atoms with Gasteiger partial charge in [0.25, 0.3) is 0 Å². The van der Waals surface area contributed by atoms with Gasteiger partial charge >= 0.3 is 0 Å². The largest absolute Gasteiger partial charge is 0.381 e. The van der Waals surface area contributed by atoms with Gasteiger partial charge in [0.15, 0.2) is 5.96 Å². The van der Waals surface area contributed by atoms with Crippen molar-refractivity contribution in [1.82, 2.24) is 20.9 Å². The molecule has 3 N–H and O–H groups in total. The fraction of sp³-hybridized carbons (Fsp3) is 0.720. The van der Waals surface area contributed by atoms with Gasteiger partial charge < -0.3 is 25.4 Å². The van der Waals surface area contributed by atoms with Crippen molar-refractivity contribution in [2.75, 3.05) is 59.7 Å². The molecule has 2 saturated heterocycles. The number of hydrogen-bond donors (Lipinski definition) is 3. The molecule has 2 fully saturated rings. The summed E-state index contributed by atoms with van der Waals surface area (Å²) < 4.78 is 11.2. The van der Waals surface area contributed by atoms with Gasteiger partial charge in [0.05, 0.1) is 13.2 Å². The normalized spacial score (nSPS) is 21.2. The Morgan fingerprint density at radius 2 is 1.64 bits per heavy atom. The van der Waals surface area contributed by atoms with Gasteiger partial charge in [-0.2, -0.15) is 0 Å². The zero-order valence-corrected chi connectivity index (χ0v) is 23.1. The Kier molecular flexibility index (Phi) is 12.4. The van der Waals surface area contributed by atoms with Crippen LogP contribution in [-0.2, 0) is 9.47 Å². The molecule has 8 heteroatoms. The highest BCUT2D eigenvalue weighted by molar-refractivity contribution is 14.0. The third-order valence-corrected chi connectivity index (χ3v) is 6.85. The first kappa shape index (κ1) is 28.3. The second-order valence-corrected chi connectivity index (χ2v) is 9.44. The molecule has 2 heterocycles. The van der Waals surface area contributed by atoms with Gasteiger partial charge in [-0.3, -0.25) is 9.89 Å². The molecular weight excluding hydrogens is 529 g/mol. The maximum atomic E-state index is 5.69. The number of rotatable bonds is 9. The Labute approximate surface area is 217 Å². The van der Waals surface area contributed by atoms with Crippen molar-refractivity contribution in [2.45, 2.75) is 51.2 Å². The smallest absolute Gasteiger partial charge is 0.191 e. The summed E-state index contributed by atoms with van der Waals surface area (Å²) in [5.74, 6) is 1.43. The second kappa shape index (κ2) is 14.5. The first-order valence-corrected chi connectivity index (χ1v) is 12.2. The van der Waals surface area contributed by atoms with Gasteiger partial charge in [-0.1, -0.05) is 44.2 Å². The van der Waals surface area contributed by atoms with E-state index in [1.165, 1.54) is 5.56 Å². The number of nitrogens with zero attached hydrogens (tertiary/aromatic N) is 2. The van der Waals surface area contributed by atoms with E-state index in [1.807, 2.05) is 7.05 Å². The predicted molar refractivity (Wildman–Crippen MR) is 147 cm³/mol. The predicted octanol–water partition coefficient (Wildman–Crippen LogP) is 3.03. The van der Waals surface area contributed by atoms with E-state index in [-0.39, 0.29) is 35.6 Å². The number of guanidine groups is 1. The molecule has 0 radical (unpaired) electrons. The molecule has 2 aliphatic rings. The zero-order valence-electron chi connectivity index (χ0n) is 20.8. The lowest BCUT2D eigenvalue weighted by atomic mass is 9.88. The summed E-state index contributed by atoms with van der Waals surface area (Å²) in [7, 11) is 1.85. The Bertz CT molecular complexity index is 691. The van der Waals surface area contributed by atoms with Crippen LogP contribution in [0.15, 0.2) is 35.3 Å². The summed E-state index contributed by atoms with van der Waals surface area (Å²) in [6.07, 6.45) is 1.97. The topological polar surface area (TPSA) is 70.2 Å². The van der Waals surface area contributed by atoms with Crippen LogP contribution in [0.1, 0.15) is 45.2 Å². The lowest BCUT2D eigenvalue weighted by Gasteiger charge is -2.41. The average Bonchev–Trinajstić information content (AvgIpc) is 2.83. The number of halogens is 1. The Balaban J connectivity index is 0.00000385. The number of morpholine rings is 1. The molecule has 7 nitrogen and oxygen atoms in total. The quantitative estimate of drug-likeness (QED) is 0.240. The van der Waals surface area contributed by atoms with Crippen molar-refractivity contribution in [2.24, 2.45) is 10.9 Å². The van der Waals surface area contributed by atoms with Crippen molar-refractivity contribution in [3.05, 3.63) is 35.9 Å². The number of hydrogen-bond acceptors (Lipinski definition) is 5. The van der Waals surface area contributed by atoms with Crippen LogP contribution in [0.5, 0.6) is 0 Å². The summed E-state index contributed by atoms with van der Waals surface area (Å²) in [5.41, 5.74) is 1.29. The number of aliphatic imine (C=N–C) groups is 1. The molecule has 0 aliphatic carbocycles. The minimum atomic E-state index is -0.0210. The fourth-order valence-corrected chi connectivity index (χ4v) is 4.79.